The molecule has 1 saturated heterocycles. The molecule has 2 rings (SSSR count). The Kier molecular flexibility index (Phi) is 5.35. The van der Waals surface area contributed by atoms with Crippen LogP contribution >= 0.6 is 11.6 Å². The van der Waals surface area contributed by atoms with Crippen molar-refractivity contribution in [3.05, 3.63) is 34.9 Å². The van der Waals surface area contributed by atoms with Gasteiger partial charge < -0.3 is 10.0 Å². The highest BCUT2D eigenvalue weighted by atomic mass is 35.5. The predicted molar refractivity (Wildman–Crippen MR) is 90.6 cm³/mol. The third kappa shape index (κ3) is 3.52. The van der Waals surface area contributed by atoms with E-state index in [0.29, 0.717) is 18.0 Å². The summed E-state index contributed by atoms with van der Waals surface area (Å²) in [7, 11) is 0. The number of carbonyl (C=O) groups excluding carboxylic acids is 1. The summed E-state index contributed by atoms with van der Waals surface area (Å²) in [6.45, 7) is 6.37. The van der Waals surface area contributed by atoms with Crippen LogP contribution in [0.25, 0.3) is 0 Å². The van der Waals surface area contributed by atoms with E-state index in [1.54, 1.807) is 6.92 Å². The average molecular weight is 338 g/mol. The molecule has 4 nitrogen and oxygen atoms in total. The molecule has 1 aliphatic heterocycles. The van der Waals surface area contributed by atoms with Crippen molar-refractivity contribution in [1.29, 1.82) is 0 Å². The second kappa shape index (κ2) is 6.91. The Labute approximate surface area is 142 Å². The second-order valence-corrected chi connectivity index (χ2v) is 7.00. The Hall–Kier alpha value is -1.55. The van der Waals surface area contributed by atoms with Crippen LogP contribution in [0.5, 0.6) is 0 Å². The van der Waals surface area contributed by atoms with Crippen molar-refractivity contribution < 1.29 is 14.7 Å². The molecule has 0 spiro atoms. The number of piperidine rings is 1. The fraction of sp³-hybridized carbons (Fsp3) is 0.556. The van der Waals surface area contributed by atoms with Gasteiger partial charge in [0.25, 0.3) is 0 Å². The maximum Gasteiger partial charge on any atom is 0.304 e. The quantitative estimate of drug-likeness (QED) is 0.885. The zero-order chi connectivity index (χ0) is 17.2. The summed E-state index contributed by atoms with van der Waals surface area (Å²) < 4.78 is 0. The number of hydrogen-bond donors (Lipinski definition) is 1. The van der Waals surface area contributed by atoms with Crippen molar-refractivity contribution in [2.75, 3.05) is 6.54 Å². The molecule has 5 heteroatoms. The Morgan fingerprint density at radius 1 is 1.43 bits per heavy atom. The highest BCUT2D eigenvalue weighted by Gasteiger charge is 2.48. The SMILES string of the molecule is CCC1C(c2cccc(Cl)c2)CC(C)(CC(=O)O)C(=O)N1CC. The summed E-state index contributed by atoms with van der Waals surface area (Å²) in [4.78, 5) is 26.0. The largest absolute Gasteiger partial charge is 0.481 e. The average Bonchev–Trinajstić information content (AvgIpc) is 2.48. The minimum atomic E-state index is -0.934. The number of carboxylic acids is 1. The van der Waals surface area contributed by atoms with Crippen LogP contribution in [0.1, 0.15) is 51.5 Å². The number of hydrogen-bond acceptors (Lipinski definition) is 2. The van der Waals surface area contributed by atoms with E-state index in [-0.39, 0.29) is 24.3 Å². The van der Waals surface area contributed by atoms with Gasteiger partial charge in [-0.25, -0.2) is 0 Å². The Balaban J connectivity index is 2.46. The van der Waals surface area contributed by atoms with Gasteiger partial charge >= 0.3 is 5.97 Å². The predicted octanol–water partition coefficient (Wildman–Crippen LogP) is 3.94. The van der Waals surface area contributed by atoms with Crippen molar-refractivity contribution >= 4 is 23.5 Å². The van der Waals surface area contributed by atoms with Gasteiger partial charge in [-0.2, -0.15) is 0 Å². The van der Waals surface area contributed by atoms with E-state index in [0.717, 1.165) is 12.0 Å². The molecule has 0 saturated carbocycles. The van der Waals surface area contributed by atoms with Crippen LogP contribution in [0, 0.1) is 5.41 Å². The van der Waals surface area contributed by atoms with E-state index in [1.165, 1.54) is 0 Å². The van der Waals surface area contributed by atoms with E-state index >= 15 is 0 Å². The Bertz CT molecular complexity index is 604. The molecular weight excluding hydrogens is 314 g/mol. The molecule has 0 radical (unpaired) electrons. The number of rotatable bonds is 5. The highest BCUT2D eigenvalue weighted by Crippen LogP contribution is 2.45. The number of likely N-dealkylation sites (tertiary alicyclic amines) is 1. The van der Waals surface area contributed by atoms with Crippen molar-refractivity contribution in [3.8, 4) is 0 Å². The lowest BCUT2D eigenvalue weighted by atomic mass is 9.68. The third-order valence-corrected chi connectivity index (χ3v) is 5.12. The van der Waals surface area contributed by atoms with Gasteiger partial charge in [0.1, 0.15) is 0 Å². The van der Waals surface area contributed by atoms with E-state index in [4.69, 9.17) is 11.6 Å². The maximum absolute atomic E-state index is 12.9. The molecular formula is C18H24ClNO3. The molecule has 0 aromatic heterocycles. The zero-order valence-electron chi connectivity index (χ0n) is 13.9. The molecule has 0 aliphatic carbocycles. The smallest absolute Gasteiger partial charge is 0.304 e. The van der Waals surface area contributed by atoms with Gasteiger partial charge in [-0.05, 0) is 37.5 Å². The lowest BCUT2D eigenvalue weighted by Crippen LogP contribution is -2.56. The molecule has 3 atom stereocenters. The van der Waals surface area contributed by atoms with E-state index in [1.807, 2.05) is 36.1 Å². The number of halogens is 1. The summed E-state index contributed by atoms with van der Waals surface area (Å²) in [6, 6.07) is 7.76. The van der Waals surface area contributed by atoms with Crippen molar-refractivity contribution in [2.45, 2.75) is 52.0 Å². The lowest BCUT2D eigenvalue weighted by molar-refractivity contribution is -0.157. The summed E-state index contributed by atoms with van der Waals surface area (Å²) in [6.07, 6.45) is 1.23. The van der Waals surface area contributed by atoms with Gasteiger partial charge in [-0.3, -0.25) is 9.59 Å². The molecule has 1 aromatic rings. The molecule has 1 aromatic carbocycles. The van der Waals surface area contributed by atoms with Crippen molar-refractivity contribution in [3.63, 3.8) is 0 Å². The zero-order valence-corrected chi connectivity index (χ0v) is 14.6. The van der Waals surface area contributed by atoms with Gasteiger partial charge in [0.05, 0.1) is 11.8 Å². The van der Waals surface area contributed by atoms with E-state index in [2.05, 4.69) is 6.92 Å². The topological polar surface area (TPSA) is 57.6 Å². The molecule has 23 heavy (non-hydrogen) atoms. The molecule has 126 valence electrons. The minimum absolute atomic E-state index is 0.0486. The van der Waals surface area contributed by atoms with Gasteiger partial charge in [-0.15, -0.1) is 0 Å². The number of amides is 1. The van der Waals surface area contributed by atoms with Crippen LogP contribution in [-0.4, -0.2) is 34.5 Å². The normalized spacial score (nSPS) is 28.0. The van der Waals surface area contributed by atoms with Gasteiger partial charge in [-0.1, -0.05) is 37.6 Å². The fourth-order valence-electron chi connectivity index (χ4n) is 3.87. The summed E-state index contributed by atoms with van der Waals surface area (Å²) in [5.74, 6) is -0.884. The number of carboxylic acid groups (broad SMARTS) is 1. The first kappa shape index (κ1) is 17.8. The molecule has 1 heterocycles. The van der Waals surface area contributed by atoms with Crippen LogP contribution in [0.3, 0.4) is 0 Å². The summed E-state index contributed by atoms with van der Waals surface area (Å²) >= 11 is 6.13. The van der Waals surface area contributed by atoms with Crippen molar-refractivity contribution in [1.82, 2.24) is 4.90 Å². The number of benzene rings is 1. The number of carbonyl (C=O) groups is 2. The lowest BCUT2D eigenvalue weighted by Gasteiger charge is -2.48. The molecule has 0 bridgehead atoms. The molecule has 1 fully saturated rings. The van der Waals surface area contributed by atoms with E-state index < -0.39 is 11.4 Å². The third-order valence-electron chi connectivity index (χ3n) is 4.89. The van der Waals surface area contributed by atoms with Crippen molar-refractivity contribution in [2.24, 2.45) is 5.41 Å². The number of likely N-dealkylation sites (N-methyl/N-ethyl adjacent to an activating group) is 1. The summed E-state index contributed by atoms with van der Waals surface area (Å²) in [5.41, 5.74) is 0.201. The number of aliphatic carboxylic acids is 1. The number of nitrogens with zero attached hydrogens (tertiary/aromatic N) is 1. The monoisotopic (exact) mass is 337 g/mol. The fourth-order valence-corrected chi connectivity index (χ4v) is 4.06. The first-order chi connectivity index (χ1) is 10.8. The molecule has 3 unspecified atom stereocenters. The van der Waals surface area contributed by atoms with Crippen LogP contribution in [-0.2, 0) is 9.59 Å². The minimum Gasteiger partial charge on any atom is -0.481 e. The first-order valence-electron chi connectivity index (χ1n) is 8.10. The first-order valence-corrected chi connectivity index (χ1v) is 8.48. The van der Waals surface area contributed by atoms with E-state index in [9.17, 15) is 14.7 Å². The van der Waals surface area contributed by atoms with Gasteiger partial charge in [0.2, 0.25) is 5.91 Å². The van der Waals surface area contributed by atoms with Crippen LogP contribution in [0.15, 0.2) is 24.3 Å². The van der Waals surface area contributed by atoms with Crippen LogP contribution in [0.4, 0.5) is 0 Å². The molecule has 1 N–H and O–H groups in total. The summed E-state index contributed by atoms with van der Waals surface area (Å²) in [5, 5.41) is 9.90. The Morgan fingerprint density at radius 3 is 2.65 bits per heavy atom. The molecule has 1 aliphatic rings. The standard InChI is InChI=1S/C18H24ClNO3/c1-4-15-14(12-7-6-8-13(19)9-12)10-18(3,11-16(21)22)17(23)20(15)5-2/h6-9,14-15H,4-5,10-11H2,1-3H3,(H,21,22). The highest BCUT2D eigenvalue weighted by molar-refractivity contribution is 6.30. The Morgan fingerprint density at radius 2 is 2.13 bits per heavy atom. The second-order valence-electron chi connectivity index (χ2n) is 6.56. The van der Waals surface area contributed by atoms with Gasteiger partial charge in [0.15, 0.2) is 0 Å². The van der Waals surface area contributed by atoms with Crippen LogP contribution in [0.2, 0.25) is 5.02 Å². The molecule has 1 amide bonds. The maximum atomic E-state index is 12.9. The van der Waals surface area contributed by atoms with Crippen LogP contribution < -0.4 is 0 Å². The van der Waals surface area contributed by atoms with Gasteiger partial charge in [0, 0.05) is 23.5 Å².